The van der Waals surface area contributed by atoms with Gasteiger partial charge < -0.3 is 9.40 Å². The fraction of sp³-hybridized carbons (Fsp3) is 0.308. The van der Waals surface area contributed by atoms with Gasteiger partial charge in [0.2, 0.25) is 16.9 Å². The third-order valence-electron chi connectivity index (χ3n) is 3.32. The van der Waals surface area contributed by atoms with E-state index in [9.17, 15) is 14.4 Å². The first-order valence-corrected chi connectivity index (χ1v) is 9.10. The highest BCUT2D eigenvalue weighted by Crippen LogP contribution is 2.18. The number of anilines is 1. The predicted molar refractivity (Wildman–Crippen MR) is 93.4 cm³/mol. The van der Waals surface area contributed by atoms with Crippen LogP contribution in [0.1, 0.15) is 17.1 Å². The van der Waals surface area contributed by atoms with Crippen molar-refractivity contribution in [2.75, 3.05) is 11.1 Å². The van der Waals surface area contributed by atoms with Crippen LogP contribution in [0.25, 0.3) is 0 Å². The normalized spacial score (nSPS) is 10.8. The summed E-state index contributed by atoms with van der Waals surface area (Å²) in [6, 6.07) is 0. The van der Waals surface area contributed by atoms with Crippen molar-refractivity contribution in [2.45, 2.75) is 18.6 Å². The molecule has 3 aromatic rings. The molecule has 11 nitrogen and oxygen atoms in total. The van der Waals surface area contributed by atoms with Crippen molar-refractivity contribution in [1.29, 1.82) is 0 Å². The molecule has 0 aliphatic carbocycles. The lowest BCUT2D eigenvalue weighted by atomic mass is 10.2. The molecule has 3 heterocycles. The minimum Gasteiger partial charge on any atom is -0.416 e. The number of hydrogen-bond acceptors (Lipinski definition) is 10. The van der Waals surface area contributed by atoms with Gasteiger partial charge in [-0.25, -0.2) is 4.79 Å². The van der Waals surface area contributed by atoms with E-state index in [2.05, 4.69) is 30.7 Å². The molecule has 13 heteroatoms. The number of nitrogens with zero attached hydrogens (tertiary/aromatic N) is 5. The van der Waals surface area contributed by atoms with Gasteiger partial charge in [-0.05, 0) is 6.92 Å². The highest BCUT2D eigenvalue weighted by molar-refractivity contribution is 7.99. The van der Waals surface area contributed by atoms with Crippen molar-refractivity contribution in [1.82, 2.24) is 29.9 Å². The molecule has 0 unspecified atom stereocenters. The van der Waals surface area contributed by atoms with Crippen LogP contribution in [0.4, 0.5) is 5.13 Å². The van der Waals surface area contributed by atoms with Crippen LogP contribution in [0.5, 0.6) is 0 Å². The fourth-order valence-electron chi connectivity index (χ4n) is 2.01. The molecular formula is C13H13N7O4S2. The number of rotatable bonds is 6. The van der Waals surface area contributed by atoms with Gasteiger partial charge in [-0.15, -0.1) is 20.4 Å². The van der Waals surface area contributed by atoms with Crippen LogP contribution in [0.3, 0.4) is 0 Å². The third kappa shape index (κ3) is 4.05. The molecule has 0 aliphatic rings. The summed E-state index contributed by atoms with van der Waals surface area (Å²) in [4.78, 5) is 38.1. The Labute approximate surface area is 153 Å². The van der Waals surface area contributed by atoms with Crippen molar-refractivity contribution >= 4 is 34.1 Å². The Morgan fingerprint density at radius 2 is 2.19 bits per heavy atom. The molecule has 0 saturated carbocycles. The number of nitrogens with one attached hydrogen (secondary N) is 2. The number of thioether (sulfide) groups is 1. The summed E-state index contributed by atoms with van der Waals surface area (Å²) in [6.07, 6.45) is 0.0832. The average molecular weight is 395 g/mol. The second-order valence-corrected chi connectivity index (χ2v) is 6.88. The van der Waals surface area contributed by atoms with Crippen LogP contribution < -0.4 is 16.6 Å². The minimum atomic E-state index is -0.487. The van der Waals surface area contributed by atoms with Crippen molar-refractivity contribution < 1.29 is 9.21 Å². The summed E-state index contributed by atoms with van der Waals surface area (Å²) in [5.41, 5.74) is 1.41. The molecule has 0 saturated heterocycles. The third-order valence-corrected chi connectivity index (χ3v) is 4.75. The summed E-state index contributed by atoms with van der Waals surface area (Å²) < 4.78 is 6.43. The van der Waals surface area contributed by atoms with Gasteiger partial charge in [0.05, 0.1) is 12.2 Å². The summed E-state index contributed by atoms with van der Waals surface area (Å²) in [6.45, 7) is 1.63. The maximum absolute atomic E-state index is 12.2. The quantitative estimate of drug-likeness (QED) is 0.547. The van der Waals surface area contributed by atoms with Gasteiger partial charge >= 0.3 is 5.69 Å². The summed E-state index contributed by atoms with van der Waals surface area (Å²) in [5, 5.41) is 18.2. The number of aromatic amines is 1. The Hall–Kier alpha value is -2.80. The number of amides is 1. The maximum Gasteiger partial charge on any atom is 0.328 e. The van der Waals surface area contributed by atoms with Crippen LogP contribution in [0, 0.1) is 6.92 Å². The Morgan fingerprint density at radius 3 is 2.92 bits per heavy atom. The van der Waals surface area contributed by atoms with E-state index in [0.717, 1.165) is 16.3 Å². The number of aryl methyl sites for hydroxylation is 1. The topological polar surface area (TPSA) is 149 Å². The van der Waals surface area contributed by atoms with E-state index >= 15 is 0 Å². The van der Waals surface area contributed by atoms with Crippen LogP contribution >= 0.6 is 23.1 Å². The van der Waals surface area contributed by atoms with Gasteiger partial charge in [-0.2, -0.15) is 0 Å². The standard InChI is InChI=1S/C13H13N7O4S2/c1-6-7(10(22)20(2)12(23)15-6)3-9-17-19-13(24-9)25-4-8(21)16-11-18-14-5-26-11/h5H,3-4H2,1-2H3,(H,15,23)(H,16,18,21). The number of hydrogen-bond donors (Lipinski definition) is 2. The summed E-state index contributed by atoms with van der Waals surface area (Å²) in [5.74, 6) is -0.0122. The van der Waals surface area contributed by atoms with Gasteiger partial charge in [0.1, 0.15) is 5.51 Å². The molecule has 3 rings (SSSR count). The largest absolute Gasteiger partial charge is 0.416 e. The summed E-state index contributed by atoms with van der Waals surface area (Å²) in [7, 11) is 1.38. The number of carbonyl (C=O) groups is 1. The zero-order chi connectivity index (χ0) is 18.7. The Kier molecular flexibility index (Phi) is 5.27. The molecule has 0 spiro atoms. The van der Waals surface area contributed by atoms with Crippen LogP contribution in [-0.4, -0.2) is 41.6 Å². The van der Waals surface area contributed by atoms with Crippen molar-refractivity contribution in [3.8, 4) is 0 Å². The molecule has 0 radical (unpaired) electrons. The van der Waals surface area contributed by atoms with E-state index in [1.165, 1.54) is 23.9 Å². The van der Waals surface area contributed by atoms with Gasteiger partial charge in [0.25, 0.3) is 10.8 Å². The molecule has 0 bridgehead atoms. The number of aromatic nitrogens is 6. The average Bonchev–Trinajstić information content (AvgIpc) is 3.27. The molecular weight excluding hydrogens is 382 g/mol. The van der Waals surface area contributed by atoms with E-state index in [4.69, 9.17) is 4.42 Å². The SMILES string of the molecule is Cc1[nH]c(=O)n(C)c(=O)c1Cc1nnc(SCC(=O)Nc2nncs2)o1. The van der Waals surface area contributed by atoms with Crippen molar-refractivity contribution in [3.63, 3.8) is 0 Å². The molecule has 3 aromatic heterocycles. The molecule has 136 valence electrons. The smallest absolute Gasteiger partial charge is 0.328 e. The van der Waals surface area contributed by atoms with Gasteiger partial charge in [-0.1, -0.05) is 23.1 Å². The van der Waals surface area contributed by atoms with Gasteiger partial charge in [0, 0.05) is 18.3 Å². The Morgan fingerprint density at radius 1 is 1.38 bits per heavy atom. The van der Waals surface area contributed by atoms with Gasteiger partial charge in [0.15, 0.2) is 0 Å². The Balaban J connectivity index is 1.64. The lowest BCUT2D eigenvalue weighted by Gasteiger charge is -2.04. The zero-order valence-electron chi connectivity index (χ0n) is 13.7. The number of H-pyrrole nitrogens is 1. The van der Waals surface area contributed by atoms with Crippen LogP contribution in [-0.2, 0) is 18.3 Å². The molecule has 0 aromatic carbocycles. The minimum absolute atomic E-state index is 0.0562. The highest BCUT2D eigenvalue weighted by Gasteiger charge is 2.15. The van der Waals surface area contributed by atoms with E-state index in [1.807, 2.05) is 0 Å². The lowest BCUT2D eigenvalue weighted by molar-refractivity contribution is -0.113. The second-order valence-electron chi connectivity index (χ2n) is 5.12. The summed E-state index contributed by atoms with van der Waals surface area (Å²) >= 11 is 2.27. The van der Waals surface area contributed by atoms with Crippen LogP contribution in [0.2, 0.25) is 0 Å². The fourth-order valence-corrected chi connectivity index (χ4v) is 3.05. The van der Waals surface area contributed by atoms with Crippen molar-refractivity contribution in [2.24, 2.45) is 7.05 Å². The lowest BCUT2D eigenvalue weighted by Crippen LogP contribution is -2.36. The molecule has 0 atom stereocenters. The first-order valence-electron chi connectivity index (χ1n) is 7.24. The molecule has 26 heavy (non-hydrogen) atoms. The first-order chi connectivity index (χ1) is 12.4. The van der Waals surface area contributed by atoms with E-state index in [0.29, 0.717) is 16.4 Å². The molecule has 1 amide bonds. The van der Waals surface area contributed by atoms with Crippen molar-refractivity contribution in [3.05, 3.63) is 43.5 Å². The molecule has 0 aliphatic heterocycles. The van der Waals surface area contributed by atoms with E-state index < -0.39 is 11.2 Å². The zero-order valence-corrected chi connectivity index (χ0v) is 15.3. The predicted octanol–water partition coefficient (Wildman–Crippen LogP) is -0.0619. The number of carbonyl (C=O) groups excluding carboxylic acids is 1. The van der Waals surface area contributed by atoms with Gasteiger partial charge in [-0.3, -0.25) is 19.5 Å². The highest BCUT2D eigenvalue weighted by atomic mass is 32.2. The monoisotopic (exact) mass is 395 g/mol. The first kappa shape index (κ1) is 18.0. The maximum atomic E-state index is 12.2. The second kappa shape index (κ2) is 7.61. The van der Waals surface area contributed by atoms with E-state index in [1.54, 1.807) is 6.92 Å². The van der Waals surface area contributed by atoms with Crippen LogP contribution in [0.15, 0.2) is 24.7 Å². The van der Waals surface area contributed by atoms with E-state index in [-0.39, 0.29) is 29.2 Å². The molecule has 0 fully saturated rings. The Bertz CT molecular complexity index is 1040. The molecule has 2 N–H and O–H groups in total.